The van der Waals surface area contributed by atoms with Gasteiger partial charge in [-0.15, -0.1) is 10.2 Å². The number of nitro groups is 1. The predicted molar refractivity (Wildman–Crippen MR) is 130 cm³/mol. The molecular weight excluding hydrogens is 474 g/mol. The number of aryl methyl sites for hydroxylation is 2. The van der Waals surface area contributed by atoms with Crippen molar-refractivity contribution in [2.75, 3.05) is 31.0 Å². The average molecular weight is 498 g/mol. The molecule has 1 atom stereocenters. The molecule has 12 heteroatoms. The molecule has 1 fully saturated rings. The molecule has 11 nitrogen and oxygen atoms in total. The molecule has 35 heavy (non-hydrogen) atoms. The van der Waals surface area contributed by atoms with Gasteiger partial charge in [0.05, 0.1) is 25.2 Å². The first kappa shape index (κ1) is 24.1. The molecule has 0 radical (unpaired) electrons. The van der Waals surface area contributed by atoms with Gasteiger partial charge < -0.3 is 14.4 Å². The lowest BCUT2D eigenvalue weighted by atomic mass is 10.1. The number of amides is 2. The number of ether oxygens (including phenoxy) is 2. The molecule has 182 valence electrons. The zero-order valence-electron chi connectivity index (χ0n) is 19.5. The molecule has 0 spiro atoms. The lowest BCUT2D eigenvalue weighted by molar-refractivity contribution is -0.385. The van der Waals surface area contributed by atoms with E-state index in [1.807, 2.05) is 32.0 Å². The molecule has 1 aliphatic heterocycles. The molecule has 2 aromatic carbocycles. The van der Waals surface area contributed by atoms with Gasteiger partial charge in [0.2, 0.25) is 11.0 Å². The molecule has 1 unspecified atom stereocenters. The fourth-order valence-corrected chi connectivity index (χ4v) is 4.87. The van der Waals surface area contributed by atoms with Crippen LogP contribution in [0.2, 0.25) is 0 Å². The monoisotopic (exact) mass is 497 g/mol. The van der Waals surface area contributed by atoms with Crippen LogP contribution >= 0.6 is 11.3 Å². The minimum Gasteiger partial charge on any atom is -0.493 e. The van der Waals surface area contributed by atoms with Crippen LogP contribution in [0, 0.1) is 24.0 Å². The van der Waals surface area contributed by atoms with E-state index in [-0.39, 0.29) is 40.4 Å². The number of carbonyl (C=O) groups is 2. The van der Waals surface area contributed by atoms with E-state index in [0.29, 0.717) is 11.6 Å². The molecular formula is C23H23N5O6S. The van der Waals surface area contributed by atoms with E-state index in [0.717, 1.165) is 34.2 Å². The second-order valence-corrected chi connectivity index (χ2v) is 9.14. The maximum Gasteiger partial charge on any atom is 0.286 e. The lowest BCUT2D eigenvalue weighted by Gasteiger charge is -2.17. The standard InChI is InChI=1S/C23H23N5O6S/c1-12-5-13(2)7-15(6-12)27-11-14(8-20(27)29)22-25-26-23(35-22)24-21(30)16-9-18(33-3)19(34-4)10-17(16)28(31)32/h5-7,9-10,14H,8,11H2,1-4H3,(H,24,26,30). The minimum atomic E-state index is -0.736. The second-order valence-electron chi connectivity index (χ2n) is 8.13. The highest BCUT2D eigenvalue weighted by atomic mass is 32.1. The van der Waals surface area contributed by atoms with E-state index in [2.05, 4.69) is 15.5 Å². The average Bonchev–Trinajstić information content (AvgIpc) is 3.43. The summed E-state index contributed by atoms with van der Waals surface area (Å²) >= 11 is 1.13. The SMILES string of the molecule is COc1cc(C(=O)Nc2nnc(C3CC(=O)N(c4cc(C)cc(C)c4)C3)s2)c([N+](=O)[O-])cc1OC. The van der Waals surface area contributed by atoms with E-state index in [9.17, 15) is 19.7 Å². The lowest BCUT2D eigenvalue weighted by Crippen LogP contribution is -2.24. The number of anilines is 2. The van der Waals surface area contributed by atoms with Crippen LogP contribution in [0.1, 0.15) is 38.8 Å². The van der Waals surface area contributed by atoms with E-state index >= 15 is 0 Å². The van der Waals surface area contributed by atoms with Crippen molar-refractivity contribution in [3.63, 3.8) is 0 Å². The Kier molecular flexibility index (Phi) is 6.65. The molecule has 2 heterocycles. The molecule has 1 aliphatic rings. The fraction of sp³-hybridized carbons (Fsp3) is 0.304. The maximum absolute atomic E-state index is 12.9. The van der Waals surface area contributed by atoms with Gasteiger partial charge in [-0.2, -0.15) is 0 Å². The number of nitro benzene ring substituents is 1. The van der Waals surface area contributed by atoms with Gasteiger partial charge in [0.15, 0.2) is 11.5 Å². The zero-order chi connectivity index (χ0) is 25.3. The third-order valence-corrected chi connectivity index (χ3v) is 6.60. The van der Waals surface area contributed by atoms with E-state index in [4.69, 9.17) is 9.47 Å². The number of carbonyl (C=O) groups excluding carboxylic acids is 2. The zero-order valence-corrected chi connectivity index (χ0v) is 20.3. The first-order chi connectivity index (χ1) is 16.7. The van der Waals surface area contributed by atoms with Crippen molar-refractivity contribution in [1.29, 1.82) is 0 Å². The highest BCUT2D eigenvalue weighted by Gasteiger charge is 2.34. The molecule has 0 bridgehead atoms. The summed E-state index contributed by atoms with van der Waals surface area (Å²) in [5.41, 5.74) is 2.34. The van der Waals surface area contributed by atoms with Crippen molar-refractivity contribution in [1.82, 2.24) is 10.2 Å². The van der Waals surface area contributed by atoms with Crippen molar-refractivity contribution in [3.8, 4) is 11.5 Å². The van der Waals surface area contributed by atoms with Gasteiger partial charge in [-0.25, -0.2) is 0 Å². The number of nitrogens with zero attached hydrogens (tertiary/aromatic N) is 4. The Bertz CT molecular complexity index is 1300. The van der Waals surface area contributed by atoms with Crippen molar-refractivity contribution in [2.24, 2.45) is 0 Å². The molecule has 4 rings (SSSR count). The second kappa shape index (κ2) is 9.66. The molecule has 3 aromatic rings. The highest BCUT2D eigenvalue weighted by molar-refractivity contribution is 7.15. The quantitative estimate of drug-likeness (QED) is 0.384. The molecule has 0 aliphatic carbocycles. The highest BCUT2D eigenvalue weighted by Crippen LogP contribution is 2.37. The van der Waals surface area contributed by atoms with Crippen LogP contribution in [0.4, 0.5) is 16.5 Å². The Morgan fingerprint density at radius 1 is 1.11 bits per heavy atom. The van der Waals surface area contributed by atoms with Crippen LogP contribution in [0.3, 0.4) is 0 Å². The normalized spacial score (nSPS) is 15.3. The van der Waals surface area contributed by atoms with Gasteiger partial charge in [-0.05, 0) is 37.1 Å². The van der Waals surface area contributed by atoms with Crippen molar-refractivity contribution in [2.45, 2.75) is 26.2 Å². The van der Waals surface area contributed by atoms with Crippen molar-refractivity contribution >= 4 is 39.7 Å². The third kappa shape index (κ3) is 4.92. The van der Waals surface area contributed by atoms with Gasteiger partial charge in [-0.1, -0.05) is 17.4 Å². The Morgan fingerprint density at radius 2 is 1.77 bits per heavy atom. The number of rotatable bonds is 7. The van der Waals surface area contributed by atoms with Crippen LogP contribution < -0.4 is 19.7 Å². The van der Waals surface area contributed by atoms with Gasteiger partial charge in [0.1, 0.15) is 10.6 Å². The summed E-state index contributed by atoms with van der Waals surface area (Å²) in [6.07, 6.45) is 0.275. The molecule has 0 saturated carbocycles. The van der Waals surface area contributed by atoms with Crippen molar-refractivity contribution in [3.05, 3.63) is 62.1 Å². The first-order valence-corrected chi connectivity index (χ1v) is 11.5. The van der Waals surface area contributed by atoms with Gasteiger partial charge >= 0.3 is 0 Å². The molecule has 1 aromatic heterocycles. The third-order valence-electron chi connectivity index (χ3n) is 5.60. The summed E-state index contributed by atoms with van der Waals surface area (Å²) in [7, 11) is 2.71. The summed E-state index contributed by atoms with van der Waals surface area (Å²) in [6.45, 7) is 4.42. The van der Waals surface area contributed by atoms with Crippen molar-refractivity contribution < 1.29 is 24.0 Å². The van der Waals surface area contributed by atoms with Crippen LogP contribution in [-0.2, 0) is 4.79 Å². The molecule has 1 saturated heterocycles. The van der Waals surface area contributed by atoms with Crippen LogP contribution in [0.5, 0.6) is 11.5 Å². The summed E-state index contributed by atoms with van der Waals surface area (Å²) in [4.78, 5) is 38.1. The van der Waals surface area contributed by atoms with E-state index in [1.165, 1.54) is 20.3 Å². The summed E-state index contributed by atoms with van der Waals surface area (Å²) in [5, 5.41) is 23.0. The predicted octanol–water partition coefficient (Wildman–Crippen LogP) is 3.85. The Morgan fingerprint density at radius 3 is 2.40 bits per heavy atom. The number of benzene rings is 2. The van der Waals surface area contributed by atoms with Crippen LogP contribution in [-0.4, -0.2) is 47.7 Å². The Labute approximate surface area is 204 Å². The van der Waals surface area contributed by atoms with E-state index in [1.54, 1.807) is 4.90 Å². The van der Waals surface area contributed by atoms with Crippen LogP contribution in [0.15, 0.2) is 30.3 Å². The summed E-state index contributed by atoms with van der Waals surface area (Å²) < 4.78 is 10.3. The van der Waals surface area contributed by atoms with Gasteiger partial charge in [-0.3, -0.25) is 25.0 Å². The minimum absolute atomic E-state index is 0.0123. The summed E-state index contributed by atoms with van der Waals surface area (Å²) in [6, 6.07) is 8.35. The Balaban J connectivity index is 1.52. The molecule has 1 N–H and O–H groups in total. The number of methoxy groups -OCH3 is 2. The van der Waals surface area contributed by atoms with Crippen LogP contribution in [0.25, 0.3) is 0 Å². The fourth-order valence-electron chi connectivity index (χ4n) is 4.04. The molecule has 2 amide bonds. The Hall–Kier alpha value is -4.06. The van der Waals surface area contributed by atoms with Gasteiger partial charge in [0.25, 0.3) is 11.6 Å². The number of hydrogen-bond acceptors (Lipinski definition) is 9. The maximum atomic E-state index is 12.9. The first-order valence-electron chi connectivity index (χ1n) is 10.6. The van der Waals surface area contributed by atoms with Gasteiger partial charge in [0, 0.05) is 30.6 Å². The topological polar surface area (TPSA) is 137 Å². The number of aromatic nitrogens is 2. The number of hydrogen-bond donors (Lipinski definition) is 1. The number of nitrogens with one attached hydrogen (secondary N) is 1. The van der Waals surface area contributed by atoms with E-state index < -0.39 is 16.5 Å². The largest absolute Gasteiger partial charge is 0.493 e. The summed E-state index contributed by atoms with van der Waals surface area (Å²) in [5.74, 6) is -0.617. The smallest absolute Gasteiger partial charge is 0.286 e.